The fourth-order valence-electron chi connectivity index (χ4n) is 1.28. The molecular weight excluding hydrogens is 317 g/mol. The Hall–Kier alpha value is -1.69. The number of likely N-dealkylation sites (N-methyl/N-ethyl adjacent to an activating group) is 1. The monoisotopic (exact) mass is 329 g/mol. The van der Waals surface area contributed by atoms with E-state index in [9.17, 15) is 14.0 Å². The third kappa shape index (κ3) is 4.17. The van der Waals surface area contributed by atoms with Crippen LogP contribution in [0.25, 0.3) is 6.08 Å². The molecule has 0 bridgehead atoms. The number of aliphatic carboxylic acids is 1. The van der Waals surface area contributed by atoms with Crippen molar-refractivity contribution in [3.63, 3.8) is 0 Å². The van der Waals surface area contributed by atoms with Gasteiger partial charge < -0.3 is 10.0 Å². The summed E-state index contributed by atoms with van der Waals surface area (Å²) in [6.45, 7) is 1.40. The van der Waals surface area contributed by atoms with Crippen LogP contribution >= 0.6 is 15.9 Å². The van der Waals surface area contributed by atoms with Gasteiger partial charge in [0.1, 0.15) is 11.9 Å². The molecule has 1 aromatic rings. The van der Waals surface area contributed by atoms with Gasteiger partial charge in [0.2, 0.25) is 5.91 Å². The lowest BCUT2D eigenvalue weighted by Gasteiger charge is -2.19. The summed E-state index contributed by atoms with van der Waals surface area (Å²) in [5.74, 6) is -2.06. The molecule has 1 rings (SSSR count). The van der Waals surface area contributed by atoms with Gasteiger partial charge in [-0.05, 0) is 31.2 Å². The fraction of sp³-hybridized carbons (Fsp3) is 0.231. The molecule has 1 amide bonds. The van der Waals surface area contributed by atoms with Crippen molar-refractivity contribution in [1.29, 1.82) is 0 Å². The van der Waals surface area contributed by atoms with Crippen molar-refractivity contribution in [3.05, 3.63) is 40.1 Å². The highest BCUT2D eigenvalue weighted by Crippen LogP contribution is 2.16. The average Bonchev–Trinajstić information content (AvgIpc) is 2.37. The molecule has 0 fully saturated rings. The fourth-order valence-corrected chi connectivity index (χ4v) is 1.66. The Morgan fingerprint density at radius 2 is 2.11 bits per heavy atom. The lowest BCUT2D eigenvalue weighted by molar-refractivity contribution is -0.146. The third-order valence-corrected chi connectivity index (χ3v) is 3.14. The predicted octanol–water partition coefficient (Wildman–Crippen LogP) is 2.53. The molecule has 0 aliphatic carbocycles. The van der Waals surface area contributed by atoms with Crippen LogP contribution in [0.2, 0.25) is 0 Å². The van der Waals surface area contributed by atoms with Gasteiger partial charge in [-0.2, -0.15) is 0 Å². The summed E-state index contributed by atoms with van der Waals surface area (Å²) in [6.07, 6.45) is 2.46. The molecular formula is C13H13BrFNO3. The van der Waals surface area contributed by atoms with Crippen LogP contribution in [0.1, 0.15) is 12.5 Å². The largest absolute Gasteiger partial charge is 0.480 e. The van der Waals surface area contributed by atoms with Crippen LogP contribution in [-0.2, 0) is 9.59 Å². The number of hydrogen-bond acceptors (Lipinski definition) is 2. The SMILES string of the molecule is CC(C(=O)O)N(C)C(=O)C=Cc1cc(Br)ccc1F. The molecule has 1 unspecified atom stereocenters. The molecule has 0 aliphatic heterocycles. The highest BCUT2D eigenvalue weighted by atomic mass is 79.9. The van der Waals surface area contributed by atoms with Crippen LogP contribution in [-0.4, -0.2) is 35.0 Å². The number of halogens is 2. The van der Waals surface area contributed by atoms with Crippen LogP contribution in [0.4, 0.5) is 4.39 Å². The maximum Gasteiger partial charge on any atom is 0.326 e. The van der Waals surface area contributed by atoms with E-state index in [0.717, 1.165) is 11.0 Å². The number of carbonyl (C=O) groups excluding carboxylic acids is 1. The minimum atomic E-state index is -1.10. The van der Waals surface area contributed by atoms with Gasteiger partial charge in [0.15, 0.2) is 0 Å². The number of hydrogen-bond donors (Lipinski definition) is 1. The highest BCUT2D eigenvalue weighted by molar-refractivity contribution is 9.10. The summed E-state index contributed by atoms with van der Waals surface area (Å²) in [5, 5.41) is 8.78. The lowest BCUT2D eigenvalue weighted by Crippen LogP contribution is -2.39. The molecule has 1 N–H and O–H groups in total. The van der Waals surface area contributed by atoms with E-state index < -0.39 is 23.7 Å². The van der Waals surface area contributed by atoms with Crippen molar-refractivity contribution >= 4 is 33.9 Å². The highest BCUT2D eigenvalue weighted by Gasteiger charge is 2.19. The van der Waals surface area contributed by atoms with E-state index in [2.05, 4.69) is 15.9 Å². The second-order valence-corrected chi connectivity index (χ2v) is 4.88. The lowest BCUT2D eigenvalue weighted by atomic mass is 10.2. The maximum absolute atomic E-state index is 13.4. The van der Waals surface area contributed by atoms with Crippen LogP contribution in [0.5, 0.6) is 0 Å². The maximum atomic E-state index is 13.4. The topological polar surface area (TPSA) is 57.6 Å². The molecule has 1 atom stereocenters. The molecule has 0 aromatic heterocycles. The van der Waals surface area contributed by atoms with Gasteiger partial charge in [-0.15, -0.1) is 0 Å². The minimum absolute atomic E-state index is 0.249. The average molecular weight is 330 g/mol. The first-order valence-electron chi connectivity index (χ1n) is 5.45. The van der Waals surface area contributed by atoms with Gasteiger partial charge >= 0.3 is 5.97 Å². The van der Waals surface area contributed by atoms with Crippen molar-refractivity contribution < 1.29 is 19.1 Å². The van der Waals surface area contributed by atoms with Crippen LogP contribution in [0.3, 0.4) is 0 Å². The van der Waals surface area contributed by atoms with Crippen LogP contribution < -0.4 is 0 Å². The van der Waals surface area contributed by atoms with Gasteiger partial charge in [-0.25, -0.2) is 9.18 Å². The zero-order valence-corrected chi connectivity index (χ0v) is 12.0. The second-order valence-electron chi connectivity index (χ2n) is 3.96. The number of carboxylic acid groups (broad SMARTS) is 1. The number of nitrogens with zero attached hydrogens (tertiary/aromatic N) is 1. The summed E-state index contributed by atoms with van der Waals surface area (Å²) >= 11 is 3.20. The van der Waals surface area contributed by atoms with E-state index in [4.69, 9.17) is 5.11 Å². The van der Waals surface area contributed by atoms with E-state index >= 15 is 0 Å². The quantitative estimate of drug-likeness (QED) is 0.863. The zero-order chi connectivity index (χ0) is 14.6. The van der Waals surface area contributed by atoms with Crippen molar-refractivity contribution in [2.45, 2.75) is 13.0 Å². The molecule has 19 heavy (non-hydrogen) atoms. The van der Waals surface area contributed by atoms with Gasteiger partial charge in [-0.3, -0.25) is 4.79 Å². The number of amides is 1. The van der Waals surface area contributed by atoms with E-state index in [0.29, 0.717) is 4.47 Å². The van der Waals surface area contributed by atoms with Crippen LogP contribution in [0.15, 0.2) is 28.7 Å². The number of benzene rings is 1. The standard InChI is InChI=1S/C13H13BrFNO3/c1-8(13(18)19)16(2)12(17)6-3-9-7-10(14)4-5-11(9)15/h3-8H,1-2H3,(H,18,19). The van der Waals surface area contributed by atoms with E-state index in [1.165, 1.54) is 32.2 Å². The molecule has 1 aromatic carbocycles. The second kappa shape index (κ2) is 6.47. The van der Waals surface area contributed by atoms with Crippen molar-refractivity contribution in [3.8, 4) is 0 Å². The van der Waals surface area contributed by atoms with E-state index in [1.807, 2.05) is 0 Å². The predicted molar refractivity (Wildman–Crippen MR) is 73.0 cm³/mol. The molecule has 6 heteroatoms. The molecule has 0 saturated heterocycles. The summed E-state index contributed by atoms with van der Waals surface area (Å²) in [6, 6.07) is 3.41. The molecule has 0 aliphatic rings. The summed E-state index contributed by atoms with van der Waals surface area (Å²) < 4.78 is 14.1. The van der Waals surface area contributed by atoms with E-state index in [1.54, 1.807) is 6.07 Å². The molecule has 0 saturated carbocycles. The summed E-state index contributed by atoms with van der Waals surface area (Å²) in [7, 11) is 1.38. The van der Waals surface area contributed by atoms with Gasteiger partial charge in [0.05, 0.1) is 0 Å². The van der Waals surface area contributed by atoms with Crippen molar-refractivity contribution in [2.24, 2.45) is 0 Å². The number of rotatable bonds is 4. The molecule has 4 nitrogen and oxygen atoms in total. The first kappa shape index (κ1) is 15.4. The Morgan fingerprint density at radius 1 is 1.47 bits per heavy atom. The number of carbonyl (C=O) groups is 2. The normalized spacial score (nSPS) is 12.4. The Bertz CT molecular complexity index is 531. The summed E-state index contributed by atoms with van der Waals surface area (Å²) in [4.78, 5) is 23.5. The molecule has 102 valence electrons. The number of carboxylic acids is 1. The molecule has 0 spiro atoms. The minimum Gasteiger partial charge on any atom is -0.480 e. The first-order chi connectivity index (χ1) is 8.82. The first-order valence-corrected chi connectivity index (χ1v) is 6.25. The van der Waals surface area contributed by atoms with E-state index in [-0.39, 0.29) is 5.56 Å². The van der Waals surface area contributed by atoms with Crippen LogP contribution in [0, 0.1) is 5.82 Å². The van der Waals surface area contributed by atoms with Gasteiger partial charge in [0, 0.05) is 23.2 Å². The third-order valence-electron chi connectivity index (χ3n) is 2.65. The smallest absolute Gasteiger partial charge is 0.326 e. The van der Waals surface area contributed by atoms with Crippen molar-refractivity contribution in [2.75, 3.05) is 7.05 Å². The molecule has 0 radical (unpaired) electrons. The summed E-state index contributed by atoms with van der Waals surface area (Å²) in [5.41, 5.74) is 0.249. The Labute approximate surface area is 118 Å². The van der Waals surface area contributed by atoms with Gasteiger partial charge in [-0.1, -0.05) is 15.9 Å². The Kier molecular flexibility index (Phi) is 5.23. The zero-order valence-electron chi connectivity index (χ0n) is 10.4. The molecule has 0 heterocycles. The van der Waals surface area contributed by atoms with Gasteiger partial charge in [0.25, 0.3) is 0 Å². The Balaban J connectivity index is 2.84. The van der Waals surface area contributed by atoms with Crippen molar-refractivity contribution in [1.82, 2.24) is 4.90 Å². The Morgan fingerprint density at radius 3 is 2.68 bits per heavy atom.